The van der Waals surface area contributed by atoms with Gasteiger partial charge in [0.15, 0.2) is 5.13 Å². The Labute approximate surface area is 126 Å². The van der Waals surface area contributed by atoms with Crippen molar-refractivity contribution in [1.82, 2.24) is 14.8 Å². The maximum atomic E-state index is 4.48. The molecule has 2 saturated heterocycles. The molecule has 0 aromatic carbocycles. The minimum absolute atomic E-state index is 0.808. The van der Waals surface area contributed by atoms with Gasteiger partial charge in [-0.3, -0.25) is 9.80 Å². The number of anilines is 1. The molecule has 112 valence electrons. The Morgan fingerprint density at radius 2 is 2.25 bits per heavy atom. The molecule has 2 aliphatic heterocycles. The van der Waals surface area contributed by atoms with Crippen LogP contribution in [-0.4, -0.2) is 53.5 Å². The van der Waals surface area contributed by atoms with Crippen LogP contribution < -0.4 is 5.32 Å². The summed E-state index contributed by atoms with van der Waals surface area (Å²) in [6.07, 6.45) is 7.31. The van der Waals surface area contributed by atoms with Crippen LogP contribution in [0.15, 0.2) is 6.20 Å². The third kappa shape index (κ3) is 3.51. The van der Waals surface area contributed by atoms with E-state index in [-0.39, 0.29) is 0 Å². The molecule has 3 heterocycles. The average molecular weight is 294 g/mol. The highest BCUT2D eigenvalue weighted by molar-refractivity contribution is 7.15. The minimum Gasteiger partial charge on any atom is -0.362 e. The minimum atomic E-state index is 0.808. The molecular formula is C15H26N4S. The van der Waals surface area contributed by atoms with Crippen LogP contribution in [0.2, 0.25) is 0 Å². The van der Waals surface area contributed by atoms with Crippen molar-refractivity contribution < 1.29 is 0 Å². The number of hydrogen-bond acceptors (Lipinski definition) is 5. The van der Waals surface area contributed by atoms with Crippen molar-refractivity contribution >= 4 is 16.5 Å². The molecular weight excluding hydrogens is 268 g/mol. The lowest BCUT2D eigenvalue weighted by Crippen LogP contribution is -2.36. The van der Waals surface area contributed by atoms with Crippen molar-refractivity contribution in [2.75, 3.05) is 38.0 Å². The summed E-state index contributed by atoms with van der Waals surface area (Å²) in [4.78, 5) is 11.2. The van der Waals surface area contributed by atoms with E-state index in [9.17, 15) is 0 Å². The predicted octanol–water partition coefficient (Wildman–Crippen LogP) is 2.64. The summed E-state index contributed by atoms with van der Waals surface area (Å²) in [7, 11) is 0. The van der Waals surface area contributed by atoms with Crippen LogP contribution in [0.3, 0.4) is 0 Å². The molecule has 1 atom stereocenters. The predicted molar refractivity (Wildman–Crippen MR) is 85.4 cm³/mol. The molecule has 5 heteroatoms. The second-order valence-corrected chi connectivity index (χ2v) is 7.09. The third-order valence-electron chi connectivity index (χ3n) is 4.35. The Bertz CT molecular complexity index is 420. The summed E-state index contributed by atoms with van der Waals surface area (Å²) in [6.45, 7) is 9.39. The fourth-order valence-electron chi connectivity index (χ4n) is 3.34. The Balaban J connectivity index is 1.55. The van der Waals surface area contributed by atoms with E-state index in [1.165, 1.54) is 50.3 Å². The van der Waals surface area contributed by atoms with Gasteiger partial charge in [-0.25, -0.2) is 4.98 Å². The molecule has 0 bridgehead atoms. The monoisotopic (exact) mass is 294 g/mol. The lowest BCUT2D eigenvalue weighted by atomic mass is 10.2. The standard InChI is InChI=1S/C15H26N4S/c1-2-6-16-15-17-10-14(20-15)12-18-7-4-9-19-8-3-5-13(19)11-18/h10,13H,2-9,11-12H2,1H3,(H,16,17). The van der Waals surface area contributed by atoms with Gasteiger partial charge < -0.3 is 5.32 Å². The Morgan fingerprint density at radius 3 is 3.15 bits per heavy atom. The SMILES string of the molecule is CCCNc1ncc(CN2CCCN3CCCC3C2)s1. The van der Waals surface area contributed by atoms with Crippen LogP contribution in [0.25, 0.3) is 0 Å². The molecule has 0 spiro atoms. The molecule has 3 rings (SSSR count). The first kappa shape index (κ1) is 14.3. The maximum Gasteiger partial charge on any atom is 0.182 e. The largest absolute Gasteiger partial charge is 0.362 e. The highest BCUT2D eigenvalue weighted by Crippen LogP contribution is 2.24. The van der Waals surface area contributed by atoms with Gasteiger partial charge in [0, 0.05) is 36.8 Å². The van der Waals surface area contributed by atoms with E-state index in [0.29, 0.717) is 0 Å². The van der Waals surface area contributed by atoms with Crippen molar-refractivity contribution in [2.24, 2.45) is 0 Å². The van der Waals surface area contributed by atoms with Crippen LogP contribution in [0, 0.1) is 0 Å². The molecule has 20 heavy (non-hydrogen) atoms. The van der Waals surface area contributed by atoms with Gasteiger partial charge >= 0.3 is 0 Å². The van der Waals surface area contributed by atoms with E-state index >= 15 is 0 Å². The van der Waals surface area contributed by atoms with Gasteiger partial charge in [-0.15, -0.1) is 11.3 Å². The molecule has 1 N–H and O–H groups in total. The molecule has 4 nitrogen and oxygen atoms in total. The van der Waals surface area contributed by atoms with Gasteiger partial charge in [-0.2, -0.15) is 0 Å². The molecule has 0 saturated carbocycles. The van der Waals surface area contributed by atoms with Crippen LogP contribution in [0.4, 0.5) is 5.13 Å². The van der Waals surface area contributed by atoms with Crippen LogP contribution >= 0.6 is 11.3 Å². The van der Waals surface area contributed by atoms with E-state index in [2.05, 4.69) is 33.2 Å². The lowest BCUT2D eigenvalue weighted by molar-refractivity contribution is 0.216. The summed E-state index contributed by atoms with van der Waals surface area (Å²) in [5.41, 5.74) is 0. The van der Waals surface area contributed by atoms with E-state index < -0.39 is 0 Å². The van der Waals surface area contributed by atoms with Gasteiger partial charge in [-0.05, 0) is 45.3 Å². The van der Waals surface area contributed by atoms with Crippen molar-refractivity contribution in [3.63, 3.8) is 0 Å². The van der Waals surface area contributed by atoms with Crippen molar-refractivity contribution in [3.05, 3.63) is 11.1 Å². The number of rotatable bonds is 5. The molecule has 2 fully saturated rings. The third-order valence-corrected chi connectivity index (χ3v) is 5.29. The van der Waals surface area contributed by atoms with E-state index in [1.807, 2.05) is 11.3 Å². The average Bonchev–Trinajstić information content (AvgIpc) is 3.03. The van der Waals surface area contributed by atoms with Gasteiger partial charge in [0.25, 0.3) is 0 Å². The fraction of sp³-hybridized carbons (Fsp3) is 0.800. The summed E-state index contributed by atoms with van der Waals surface area (Å²) in [5, 5.41) is 4.46. The molecule has 1 aromatic rings. The quantitative estimate of drug-likeness (QED) is 0.904. The summed E-state index contributed by atoms with van der Waals surface area (Å²) < 4.78 is 0. The Kier molecular flexibility index (Phi) is 4.91. The first-order valence-corrected chi connectivity index (χ1v) is 8.82. The van der Waals surface area contributed by atoms with Gasteiger partial charge in [0.2, 0.25) is 0 Å². The Morgan fingerprint density at radius 1 is 1.35 bits per heavy atom. The highest BCUT2D eigenvalue weighted by Gasteiger charge is 2.28. The second-order valence-electron chi connectivity index (χ2n) is 5.98. The van der Waals surface area contributed by atoms with Crippen LogP contribution in [-0.2, 0) is 6.54 Å². The number of nitrogens with one attached hydrogen (secondary N) is 1. The zero-order valence-corrected chi connectivity index (χ0v) is 13.3. The Hall–Kier alpha value is -0.650. The molecule has 0 aliphatic carbocycles. The van der Waals surface area contributed by atoms with Crippen molar-refractivity contribution in [1.29, 1.82) is 0 Å². The number of fused-ring (bicyclic) bond motifs is 1. The second kappa shape index (κ2) is 6.87. The number of nitrogens with zero attached hydrogens (tertiary/aromatic N) is 3. The van der Waals surface area contributed by atoms with E-state index in [1.54, 1.807) is 0 Å². The molecule has 0 radical (unpaired) electrons. The molecule has 2 aliphatic rings. The van der Waals surface area contributed by atoms with Crippen molar-refractivity contribution in [3.8, 4) is 0 Å². The topological polar surface area (TPSA) is 31.4 Å². The summed E-state index contributed by atoms with van der Waals surface area (Å²) >= 11 is 1.82. The zero-order valence-electron chi connectivity index (χ0n) is 12.5. The van der Waals surface area contributed by atoms with Gasteiger partial charge in [-0.1, -0.05) is 6.92 Å². The number of aromatic nitrogens is 1. The maximum absolute atomic E-state index is 4.48. The van der Waals surface area contributed by atoms with Crippen molar-refractivity contribution in [2.45, 2.75) is 45.2 Å². The first-order chi connectivity index (χ1) is 9.85. The normalized spacial score (nSPS) is 24.6. The van der Waals surface area contributed by atoms with E-state index in [4.69, 9.17) is 0 Å². The molecule has 0 amide bonds. The fourth-order valence-corrected chi connectivity index (χ4v) is 4.22. The summed E-state index contributed by atoms with van der Waals surface area (Å²) in [5.74, 6) is 0. The first-order valence-electron chi connectivity index (χ1n) is 8.00. The zero-order chi connectivity index (χ0) is 13.8. The van der Waals surface area contributed by atoms with Crippen LogP contribution in [0.5, 0.6) is 0 Å². The van der Waals surface area contributed by atoms with Gasteiger partial charge in [0.05, 0.1) is 0 Å². The lowest BCUT2D eigenvalue weighted by Gasteiger charge is -2.25. The smallest absolute Gasteiger partial charge is 0.182 e. The molecule has 1 aromatic heterocycles. The van der Waals surface area contributed by atoms with E-state index in [0.717, 1.165) is 30.7 Å². The number of hydrogen-bond donors (Lipinski definition) is 1. The summed E-state index contributed by atoms with van der Waals surface area (Å²) in [6, 6.07) is 0.808. The van der Waals surface area contributed by atoms with Crippen LogP contribution in [0.1, 0.15) is 37.5 Å². The number of thiazole rings is 1. The molecule has 1 unspecified atom stereocenters. The highest BCUT2D eigenvalue weighted by atomic mass is 32.1. The van der Waals surface area contributed by atoms with Gasteiger partial charge in [0.1, 0.15) is 0 Å².